The second-order valence-corrected chi connectivity index (χ2v) is 4.01. The van der Waals surface area contributed by atoms with Gasteiger partial charge in [-0.05, 0) is 5.56 Å². The zero-order chi connectivity index (χ0) is 13.8. The van der Waals surface area contributed by atoms with Crippen LogP contribution < -0.4 is 11.3 Å². The molecule has 5 nitrogen and oxygen atoms in total. The molecule has 0 aliphatic rings. The summed E-state index contributed by atoms with van der Waals surface area (Å²) in [4.78, 5) is 12.1. The standard InChI is InChI=1S/C14H13N3O2/c15-6-7-17-13(18)8-11(12(9-16)14(17)19)10-4-2-1-3-5-10/h1-5,8,18H,6-7,15H2. The lowest BCUT2D eigenvalue weighted by atomic mass is 10.0. The van der Waals surface area contributed by atoms with E-state index in [4.69, 9.17) is 11.0 Å². The molecule has 0 saturated heterocycles. The van der Waals surface area contributed by atoms with Crippen molar-refractivity contribution in [1.82, 2.24) is 4.57 Å². The highest BCUT2D eigenvalue weighted by molar-refractivity contribution is 5.70. The topological polar surface area (TPSA) is 92.0 Å². The van der Waals surface area contributed by atoms with Crippen LogP contribution in [-0.4, -0.2) is 16.2 Å². The predicted molar refractivity (Wildman–Crippen MR) is 71.6 cm³/mol. The van der Waals surface area contributed by atoms with Gasteiger partial charge >= 0.3 is 0 Å². The molecule has 0 unspecified atom stereocenters. The maximum absolute atomic E-state index is 12.1. The van der Waals surface area contributed by atoms with Crippen LogP contribution in [0.15, 0.2) is 41.2 Å². The van der Waals surface area contributed by atoms with E-state index in [1.165, 1.54) is 6.07 Å². The van der Waals surface area contributed by atoms with E-state index in [-0.39, 0.29) is 24.5 Å². The molecule has 0 fully saturated rings. The van der Waals surface area contributed by atoms with Gasteiger partial charge in [0.2, 0.25) is 0 Å². The van der Waals surface area contributed by atoms with Crippen LogP contribution in [0.1, 0.15) is 5.56 Å². The van der Waals surface area contributed by atoms with Crippen molar-refractivity contribution in [2.45, 2.75) is 6.54 Å². The Morgan fingerprint density at radius 1 is 1.32 bits per heavy atom. The van der Waals surface area contributed by atoms with Crippen molar-refractivity contribution in [3.8, 4) is 23.1 Å². The molecule has 1 heterocycles. The van der Waals surface area contributed by atoms with Gasteiger partial charge in [0.05, 0.1) is 0 Å². The number of benzene rings is 1. The summed E-state index contributed by atoms with van der Waals surface area (Å²) in [5.74, 6) is -0.187. The Labute approximate surface area is 110 Å². The first kappa shape index (κ1) is 12.9. The highest BCUT2D eigenvalue weighted by Crippen LogP contribution is 2.24. The minimum Gasteiger partial charge on any atom is -0.494 e. The third kappa shape index (κ3) is 2.34. The zero-order valence-electron chi connectivity index (χ0n) is 10.2. The molecule has 0 spiro atoms. The first-order valence-electron chi connectivity index (χ1n) is 5.81. The maximum Gasteiger partial charge on any atom is 0.271 e. The monoisotopic (exact) mass is 255 g/mol. The maximum atomic E-state index is 12.1. The van der Waals surface area contributed by atoms with Crippen LogP contribution in [-0.2, 0) is 6.54 Å². The summed E-state index contributed by atoms with van der Waals surface area (Å²) in [7, 11) is 0. The normalized spacial score (nSPS) is 10.1. The van der Waals surface area contributed by atoms with Crippen molar-refractivity contribution >= 4 is 0 Å². The molecule has 0 radical (unpaired) electrons. The van der Waals surface area contributed by atoms with Gasteiger partial charge in [-0.2, -0.15) is 5.26 Å². The first-order valence-corrected chi connectivity index (χ1v) is 5.81. The van der Waals surface area contributed by atoms with E-state index in [9.17, 15) is 9.90 Å². The molecule has 1 aromatic carbocycles. The third-order valence-corrected chi connectivity index (χ3v) is 2.83. The highest BCUT2D eigenvalue weighted by atomic mass is 16.3. The van der Waals surface area contributed by atoms with Gasteiger partial charge in [0, 0.05) is 24.7 Å². The van der Waals surface area contributed by atoms with E-state index in [0.717, 1.165) is 4.57 Å². The third-order valence-electron chi connectivity index (χ3n) is 2.83. The van der Waals surface area contributed by atoms with Crippen LogP contribution in [0.5, 0.6) is 5.88 Å². The molecule has 0 bridgehead atoms. The molecule has 0 saturated carbocycles. The van der Waals surface area contributed by atoms with E-state index in [1.54, 1.807) is 24.3 Å². The number of nitriles is 1. The fraction of sp³-hybridized carbons (Fsp3) is 0.143. The Hall–Kier alpha value is -2.58. The molecule has 2 aromatic rings. The Balaban J connectivity index is 2.72. The van der Waals surface area contributed by atoms with Gasteiger partial charge in [0.1, 0.15) is 11.6 Å². The van der Waals surface area contributed by atoms with Crippen molar-refractivity contribution in [3.05, 3.63) is 52.3 Å². The van der Waals surface area contributed by atoms with Gasteiger partial charge in [0.25, 0.3) is 5.56 Å². The molecule has 96 valence electrons. The van der Waals surface area contributed by atoms with E-state index < -0.39 is 5.56 Å². The summed E-state index contributed by atoms with van der Waals surface area (Å²) in [5.41, 5.74) is 6.02. The Morgan fingerprint density at radius 3 is 2.58 bits per heavy atom. The van der Waals surface area contributed by atoms with Crippen molar-refractivity contribution in [3.63, 3.8) is 0 Å². The van der Waals surface area contributed by atoms with E-state index >= 15 is 0 Å². The lowest BCUT2D eigenvalue weighted by Crippen LogP contribution is -2.26. The number of nitrogens with two attached hydrogens (primary N) is 1. The highest BCUT2D eigenvalue weighted by Gasteiger charge is 2.14. The van der Waals surface area contributed by atoms with E-state index in [1.807, 2.05) is 12.1 Å². The summed E-state index contributed by atoms with van der Waals surface area (Å²) in [6, 6.07) is 12.3. The van der Waals surface area contributed by atoms with Crippen LogP contribution in [0.2, 0.25) is 0 Å². The van der Waals surface area contributed by atoms with Gasteiger partial charge in [-0.1, -0.05) is 30.3 Å². The molecule has 0 aliphatic heterocycles. The molecule has 5 heteroatoms. The second kappa shape index (κ2) is 5.38. The van der Waals surface area contributed by atoms with Crippen LogP contribution in [0, 0.1) is 11.3 Å². The first-order chi connectivity index (χ1) is 9.19. The average molecular weight is 255 g/mol. The van der Waals surface area contributed by atoms with Gasteiger partial charge in [0.15, 0.2) is 5.88 Å². The molecule has 2 rings (SSSR count). The fourth-order valence-electron chi connectivity index (χ4n) is 1.93. The largest absolute Gasteiger partial charge is 0.494 e. The Kier molecular flexibility index (Phi) is 3.64. The van der Waals surface area contributed by atoms with E-state index in [2.05, 4.69) is 0 Å². The van der Waals surface area contributed by atoms with E-state index in [0.29, 0.717) is 11.1 Å². The molecule has 0 aliphatic carbocycles. The SMILES string of the molecule is N#Cc1c(-c2ccccc2)cc(O)n(CCN)c1=O. The number of rotatable bonds is 3. The number of hydrogen-bond donors (Lipinski definition) is 2. The van der Waals surface area contributed by atoms with Gasteiger partial charge < -0.3 is 10.8 Å². The number of nitrogens with zero attached hydrogens (tertiary/aromatic N) is 2. The number of aromatic hydroxyl groups is 1. The quantitative estimate of drug-likeness (QED) is 0.857. The van der Waals surface area contributed by atoms with Crippen LogP contribution in [0.4, 0.5) is 0 Å². The molecule has 19 heavy (non-hydrogen) atoms. The minimum absolute atomic E-state index is 0.0115. The Morgan fingerprint density at radius 2 is 2.00 bits per heavy atom. The molecular weight excluding hydrogens is 242 g/mol. The van der Waals surface area contributed by atoms with Crippen molar-refractivity contribution in [2.75, 3.05) is 6.54 Å². The van der Waals surface area contributed by atoms with Crippen LogP contribution in [0.25, 0.3) is 11.1 Å². The zero-order valence-corrected chi connectivity index (χ0v) is 10.2. The van der Waals surface area contributed by atoms with Crippen molar-refractivity contribution in [1.29, 1.82) is 5.26 Å². The fourth-order valence-corrected chi connectivity index (χ4v) is 1.93. The molecule has 3 N–H and O–H groups in total. The summed E-state index contributed by atoms with van der Waals surface area (Å²) in [5, 5.41) is 19.1. The van der Waals surface area contributed by atoms with Gasteiger partial charge in [-0.25, -0.2) is 0 Å². The smallest absolute Gasteiger partial charge is 0.271 e. The molecule has 1 aromatic heterocycles. The molecular formula is C14H13N3O2. The van der Waals surface area contributed by atoms with Gasteiger partial charge in [-0.15, -0.1) is 0 Å². The molecule has 0 amide bonds. The summed E-state index contributed by atoms with van der Waals surface area (Å²) in [6.07, 6.45) is 0. The molecule has 0 atom stereocenters. The number of aromatic nitrogens is 1. The lowest BCUT2D eigenvalue weighted by Gasteiger charge is -2.11. The number of pyridine rings is 1. The number of hydrogen-bond acceptors (Lipinski definition) is 4. The summed E-state index contributed by atoms with van der Waals surface area (Å²) in [6.45, 7) is 0.386. The Bertz CT molecular complexity index is 684. The summed E-state index contributed by atoms with van der Waals surface area (Å²) < 4.78 is 1.10. The van der Waals surface area contributed by atoms with Crippen LogP contribution in [0.3, 0.4) is 0 Å². The van der Waals surface area contributed by atoms with Crippen molar-refractivity contribution < 1.29 is 5.11 Å². The average Bonchev–Trinajstić information content (AvgIpc) is 2.44. The minimum atomic E-state index is -0.521. The van der Waals surface area contributed by atoms with Crippen LogP contribution >= 0.6 is 0 Å². The summed E-state index contributed by atoms with van der Waals surface area (Å²) >= 11 is 0. The predicted octanol–water partition coefficient (Wildman–Crippen LogP) is 1.05. The van der Waals surface area contributed by atoms with Crippen molar-refractivity contribution in [2.24, 2.45) is 5.73 Å². The van der Waals surface area contributed by atoms with Gasteiger partial charge in [-0.3, -0.25) is 9.36 Å². The second-order valence-electron chi connectivity index (χ2n) is 4.01. The lowest BCUT2D eigenvalue weighted by molar-refractivity contribution is 0.408.